The molecule has 3 aromatic rings. The third-order valence-electron chi connectivity index (χ3n) is 3.87. The minimum absolute atomic E-state index is 0.279. The molecule has 6 heteroatoms. The third-order valence-corrected chi connectivity index (χ3v) is 4.81. The second kappa shape index (κ2) is 6.49. The molecule has 5 nitrogen and oxygen atoms in total. The Morgan fingerprint density at radius 2 is 1.88 bits per heavy atom. The first kappa shape index (κ1) is 16.3. The van der Waals surface area contributed by atoms with Gasteiger partial charge in [-0.1, -0.05) is 17.4 Å². The maximum Gasteiger partial charge on any atom is 0.261 e. The van der Waals surface area contributed by atoms with Crippen LogP contribution in [0.4, 0.5) is 5.13 Å². The van der Waals surface area contributed by atoms with E-state index in [0.717, 1.165) is 10.2 Å². The normalized spacial score (nSPS) is 10.7. The van der Waals surface area contributed by atoms with E-state index in [4.69, 9.17) is 9.47 Å². The van der Waals surface area contributed by atoms with Crippen LogP contribution >= 0.6 is 11.3 Å². The van der Waals surface area contributed by atoms with Gasteiger partial charge in [-0.05, 0) is 49.2 Å². The molecule has 0 unspecified atom stereocenters. The van der Waals surface area contributed by atoms with E-state index in [-0.39, 0.29) is 5.91 Å². The second-order valence-corrected chi connectivity index (χ2v) is 6.45. The van der Waals surface area contributed by atoms with E-state index >= 15 is 0 Å². The number of thiazole rings is 1. The third kappa shape index (κ3) is 2.92. The molecule has 0 radical (unpaired) electrons. The number of para-hydroxylation sites is 1. The first-order valence-electron chi connectivity index (χ1n) is 7.43. The highest BCUT2D eigenvalue weighted by Gasteiger charge is 2.18. The quantitative estimate of drug-likeness (QED) is 0.772. The molecule has 0 spiro atoms. The van der Waals surface area contributed by atoms with Crippen LogP contribution in [0.3, 0.4) is 0 Å². The van der Waals surface area contributed by atoms with Crippen LogP contribution in [0.2, 0.25) is 0 Å². The second-order valence-electron chi connectivity index (χ2n) is 5.42. The molecule has 3 rings (SSSR count). The molecule has 0 saturated heterocycles. The van der Waals surface area contributed by atoms with Crippen LogP contribution in [0, 0.1) is 13.8 Å². The summed E-state index contributed by atoms with van der Waals surface area (Å²) in [6, 6.07) is 9.31. The highest BCUT2D eigenvalue weighted by atomic mass is 32.1. The lowest BCUT2D eigenvalue weighted by molar-refractivity contribution is 0.102. The van der Waals surface area contributed by atoms with Gasteiger partial charge in [0.05, 0.1) is 30.0 Å². The van der Waals surface area contributed by atoms with E-state index in [1.807, 2.05) is 13.0 Å². The van der Waals surface area contributed by atoms with Crippen LogP contribution in [0.15, 0.2) is 30.3 Å². The van der Waals surface area contributed by atoms with Gasteiger partial charge in [-0.2, -0.15) is 0 Å². The Balaban J connectivity index is 1.93. The number of nitrogens with one attached hydrogen (secondary N) is 1. The predicted molar refractivity (Wildman–Crippen MR) is 96.6 cm³/mol. The zero-order chi connectivity index (χ0) is 17.3. The average Bonchev–Trinajstić information content (AvgIpc) is 2.95. The molecule has 0 aliphatic heterocycles. The number of carbonyl (C=O) groups is 1. The number of fused-ring (bicyclic) bond motifs is 1. The fourth-order valence-electron chi connectivity index (χ4n) is 2.46. The minimum atomic E-state index is -0.279. The fraction of sp³-hybridized carbons (Fsp3) is 0.222. The summed E-state index contributed by atoms with van der Waals surface area (Å²) >= 11 is 1.45. The number of ether oxygens (including phenoxy) is 2. The molecule has 0 fully saturated rings. The van der Waals surface area contributed by atoms with Gasteiger partial charge in [0, 0.05) is 0 Å². The number of amides is 1. The number of carbonyl (C=O) groups excluding carboxylic acids is 1. The minimum Gasteiger partial charge on any atom is -0.493 e. The van der Waals surface area contributed by atoms with Crippen LogP contribution in [-0.2, 0) is 0 Å². The molecule has 0 aliphatic rings. The number of hydrogen-bond acceptors (Lipinski definition) is 5. The Labute approximate surface area is 144 Å². The maximum absolute atomic E-state index is 12.6. The lowest BCUT2D eigenvalue weighted by Gasteiger charge is -2.11. The molecule has 24 heavy (non-hydrogen) atoms. The van der Waals surface area contributed by atoms with Crippen LogP contribution in [0.5, 0.6) is 11.5 Å². The molecule has 0 atom stereocenters. The van der Waals surface area contributed by atoms with Gasteiger partial charge in [0.2, 0.25) is 0 Å². The number of aryl methyl sites for hydroxylation is 2. The van der Waals surface area contributed by atoms with Gasteiger partial charge in [0.1, 0.15) is 0 Å². The van der Waals surface area contributed by atoms with Crippen molar-refractivity contribution in [2.45, 2.75) is 13.8 Å². The molecule has 1 amide bonds. The topological polar surface area (TPSA) is 60.5 Å². The Kier molecular flexibility index (Phi) is 4.40. The molecule has 124 valence electrons. The van der Waals surface area contributed by atoms with Crippen molar-refractivity contribution in [2.75, 3.05) is 19.5 Å². The molecule has 0 aliphatic carbocycles. The maximum atomic E-state index is 12.6. The fourth-order valence-corrected chi connectivity index (χ4v) is 3.40. The SMILES string of the molecule is COc1cccc(C(=O)Nc2nc3cc(C)c(C)cc3s2)c1OC. The van der Waals surface area contributed by atoms with Crippen molar-refractivity contribution in [3.63, 3.8) is 0 Å². The van der Waals surface area contributed by atoms with Gasteiger partial charge in [-0.15, -0.1) is 0 Å². The summed E-state index contributed by atoms with van der Waals surface area (Å²) in [5.74, 6) is 0.643. The Bertz CT molecular complexity index is 879. The lowest BCUT2D eigenvalue weighted by atomic mass is 10.1. The molecule has 0 saturated carbocycles. The van der Waals surface area contributed by atoms with E-state index in [1.54, 1.807) is 18.2 Å². The Morgan fingerprint density at radius 1 is 1.12 bits per heavy atom. The van der Waals surface area contributed by atoms with Crippen molar-refractivity contribution >= 4 is 32.6 Å². The molecule has 1 heterocycles. The summed E-state index contributed by atoms with van der Waals surface area (Å²) in [6.45, 7) is 4.11. The number of nitrogens with zero attached hydrogens (tertiary/aromatic N) is 1. The van der Waals surface area contributed by atoms with E-state index in [0.29, 0.717) is 22.2 Å². The first-order valence-corrected chi connectivity index (χ1v) is 8.25. The van der Waals surface area contributed by atoms with Gasteiger partial charge < -0.3 is 9.47 Å². The monoisotopic (exact) mass is 342 g/mol. The Hall–Kier alpha value is -2.60. The van der Waals surface area contributed by atoms with Crippen LogP contribution in [-0.4, -0.2) is 25.1 Å². The summed E-state index contributed by atoms with van der Waals surface area (Å²) in [4.78, 5) is 17.1. The highest BCUT2D eigenvalue weighted by molar-refractivity contribution is 7.22. The smallest absolute Gasteiger partial charge is 0.261 e. The number of benzene rings is 2. The molecule has 1 N–H and O–H groups in total. The van der Waals surface area contributed by atoms with Gasteiger partial charge >= 0.3 is 0 Å². The number of anilines is 1. The summed E-state index contributed by atoms with van der Waals surface area (Å²) < 4.78 is 11.6. The van der Waals surface area contributed by atoms with Crippen molar-refractivity contribution < 1.29 is 14.3 Å². The average molecular weight is 342 g/mol. The highest BCUT2D eigenvalue weighted by Crippen LogP contribution is 2.32. The van der Waals surface area contributed by atoms with Crippen molar-refractivity contribution in [1.29, 1.82) is 0 Å². The van der Waals surface area contributed by atoms with Crippen LogP contribution in [0.25, 0.3) is 10.2 Å². The molecule has 0 bridgehead atoms. The largest absolute Gasteiger partial charge is 0.493 e. The zero-order valence-corrected chi connectivity index (χ0v) is 14.8. The summed E-state index contributed by atoms with van der Waals surface area (Å²) in [6.07, 6.45) is 0. The summed E-state index contributed by atoms with van der Waals surface area (Å²) in [5.41, 5.74) is 3.68. The predicted octanol–water partition coefficient (Wildman–Crippen LogP) is 4.18. The van der Waals surface area contributed by atoms with Crippen LogP contribution < -0.4 is 14.8 Å². The van der Waals surface area contributed by atoms with E-state index in [2.05, 4.69) is 23.3 Å². The van der Waals surface area contributed by atoms with Crippen molar-refractivity contribution in [1.82, 2.24) is 4.98 Å². The van der Waals surface area contributed by atoms with Crippen molar-refractivity contribution in [3.8, 4) is 11.5 Å². The molecular formula is C18H18N2O3S. The van der Waals surface area contributed by atoms with Crippen molar-refractivity contribution in [3.05, 3.63) is 47.0 Å². The number of hydrogen-bond donors (Lipinski definition) is 1. The lowest BCUT2D eigenvalue weighted by Crippen LogP contribution is -2.13. The van der Waals surface area contributed by atoms with E-state index in [1.165, 1.54) is 36.7 Å². The molecular weight excluding hydrogens is 324 g/mol. The van der Waals surface area contributed by atoms with E-state index < -0.39 is 0 Å². The Morgan fingerprint density at radius 3 is 2.58 bits per heavy atom. The number of aromatic nitrogens is 1. The summed E-state index contributed by atoms with van der Waals surface area (Å²) in [7, 11) is 3.05. The first-order chi connectivity index (χ1) is 11.5. The van der Waals surface area contributed by atoms with Crippen molar-refractivity contribution in [2.24, 2.45) is 0 Å². The van der Waals surface area contributed by atoms with Gasteiger partial charge in [0.25, 0.3) is 5.91 Å². The summed E-state index contributed by atoms with van der Waals surface area (Å²) in [5, 5.41) is 3.41. The van der Waals surface area contributed by atoms with Gasteiger partial charge in [0.15, 0.2) is 16.6 Å². The van der Waals surface area contributed by atoms with Gasteiger partial charge in [-0.3, -0.25) is 10.1 Å². The van der Waals surface area contributed by atoms with Gasteiger partial charge in [-0.25, -0.2) is 4.98 Å². The van der Waals surface area contributed by atoms with E-state index in [9.17, 15) is 4.79 Å². The molecule has 2 aromatic carbocycles. The number of rotatable bonds is 4. The standard InChI is InChI=1S/C18H18N2O3S/c1-10-8-13-15(9-11(10)2)24-18(19-13)20-17(21)12-6-5-7-14(22-3)16(12)23-4/h5-9H,1-4H3,(H,19,20,21). The molecule has 1 aromatic heterocycles. The zero-order valence-electron chi connectivity index (χ0n) is 14.0. The number of methoxy groups -OCH3 is 2. The van der Waals surface area contributed by atoms with Crippen LogP contribution in [0.1, 0.15) is 21.5 Å².